The van der Waals surface area contributed by atoms with Gasteiger partial charge in [0.05, 0.1) is 13.7 Å². The van der Waals surface area contributed by atoms with Crippen molar-refractivity contribution in [2.45, 2.75) is 20.5 Å². The van der Waals surface area contributed by atoms with Crippen LogP contribution in [0.2, 0.25) is 0 Å². The summed E-state index contributed by atoms with van der Waals surface area (Å²) in [4.78, 5) is 0. The Labute approximate surface area is 86.7 Å². The van der Waals surface area contributed by atoms with Crippen LogP contribution in [0.15, 0.2) is 10.5 Å². The third kappa shape index (κ3) is 1.86. The third-order valence-electron chi connectivity index (χ3n) is 2.07. The van der Waals surface area contributed by atoms with Crippen LogP contribution in [0.25, 0.3) is 0 Å². The molecular weight excluding hydrogens is 232 g/mol. The molecule has 0 saturated heterocycles. The minimum Gasteiger partial charge on any atom is -0.496 e. The number of aliphatic hydroxyl groups is 1. The van der Waals surface area contributed by atoms with Gasteiger partial charge in [-0.1, -0.05) is 15.9 Å². The number of halogens is 1. The van der Waals surface area contributed by atoms with E-state index in [1.165, 1.54) is 0 Å². The topological polar surface area (TPSA) is 29.5 Å². The van der Waals surface area contributed by atoms with E-state index in [0.717, 1.165) is 26.9 Å². The quantitative estimate of drug-likeness (QED) is 0.867. The number of aryl methyl sites for hydroxylation is 1. The molecule has 2 nitrogen and oxygen atoms in total. The molecule has 1 aromatic rings. The Morgan fingerprint density at radius 1 is 1.46 bits per heavy atom. The maximum absolute atomic E-state index is 9.09. The fraction of sp³-hybridized carbons (Fsp3) is 0.400. The molecule has 0 aliphatic carbocycles. The SMILES string of the molecule is COc1c(CO)cc(C)c(Br)c1C. The molecule has 3 heteroatoms. The lowest BCUT2D eigenvalue weighted by Crippen LogP contribution is -1.97. The van der Waals surface area contributed by atoms with Crippen molar-refractivity contribution in [3.63, 3.8) is 0 Å². The summed E-state index contributed by atoms with van der Waals surface area (Å²) in [5, 5.41) is 9.09. The number of methoxy groups -OCH3 is 1. The minimum atomic E-state index is 0.0120. The molecule has 0 aliphatic heterocycles. The van der Waals surface area contributed by atoms with Crippen LogP contribution in [-0.2, 0) is 6.61 Å². The summed E-state index contributed by atoms with van der Waals surface area (Å²) in [5.41, 5.74) is 2.98. The molecule has 1 N–H and O–H groups in total. The van der Waals surface area contributed by atoms with Crippen LogP contribution in [0.5, 0.6) is 5.75 Å². The molecule has 0 unspecified atom stereocenters. The lowest BCUT2D eigenvalue weighted by atomic mass is 10.1. The molecule has 1 rings (SSSR count). The normalized spacial score (nSPS) is 10.2. The molecule has 0 radical (unpaired) electrons. The van der Waals surface area contributed by atoms with Crippen LogP contribution in [0, 0.1) is 13.8 Å². The van der Waals surface area contributed by atoms with Crippen molar-refractivity contribution < 1.29 is 9.84 Å². The Bertz CT molecular complexity index is 321. The Morgan fingerprint density at radius 2 is 2.08 bits per heavy atom. The Morgan fingerprint density at radius 3 is 2.54 bits per heavy atom. The van der Waals surface area contributed by atoms with Crippen LogP contribution in [0.3, 0.4) is 0 Å². The van der Waals surface area contributed by atoms with E-state index in [2.05, 4.69) is 15.9 Å². The number of aliphatic hydroxyl groups excluding tert-OH is 1. The van der Waals surface area contributed by atoms with Gasteiger partial charge in [-0.3, -0.25) is 0 Å². The van der Waals surface area contributed by atoms with Crippen LogP contribution in [0.1, 0.15) is 16.7 Å². The lowest BCUT2D eigenvalue weighted by molar-refractivity contribution is 0.273. The predicted molar refractivity (Wildman–Crippen MR) is 56.1 cm³/mol. The van der Waals surface area contributed by atoms with Gasteiger partial charge in [0.25, 0.3) is 0 Å². The van der Waals surface area contributed by atoms with Crippen LogP contribution in [0.4, 0.5) is 0 Å². The Kier molecular flexibility index (Phi) is 3.33. The van der Waals surface area contributed by atoms with Gasteiger partial charge in [0.2, 0.25) is 0 Å². The van der Waals surface area contributed by atoms with Crippen molar-refractivity contribution in [1.82, 2.24) is 0 Å². The van der Waals surface area contributed by atoms with E-state index in [0.29, 0.717) is 0 Å². The van der Waals surface area contributed by atoms with Crippen molar-refractivity contribution in [2.75, 3.05) is 7.11 Å². The fourth-order valence-corrected chi connectivity index (χ4v) is 1.72. The van der Waals surface area contributed by atoms with E-state index in [1.807, 2.05) is 19.9 Å². The predicted octanol–water partition coefficient (Wildman–Crippen LogP) is 2.57. The highest BCUT2D eigenvalue weighted by Gasteiger charge is 2.10. The molecule has 0 saturated carbocycles. The lowest BCUT2D eigenvalue weighted by Gasteiger charge is -2.13. The zero-order chi connectivity index (χ0) is 10.0. The van der Waals surface area contributed by atoms with Crippen LogP contribution < -0.4 is 4.74 Å². The van der Waals surface area contributed by atoms with Crippen molar-refractivity contribution in [3.05, 3.63) is 27.2 Å². The van der Waals surface area contributed by atoms with Gasteiger partial charge in [0.1, 0.15) is 5.75 Å². The number of rotatable bonds is 2. The zero-order valence-corrected chi connectivity index (χ0v) is 9.60. The summed E-state index contributed by atoms with van der Waals surface area (Å²) in [7, 11) is 1.61. The molecule has 1 aromatic carbocycles. The Balaban J connectivity index is 3.39. The summed E-state index contributed by atoms with van der Waals surface area (Å²) in [6.45, 7) is 3.98. The second-order valence-corrected chi connectivity index (χ2v) is 3.78. The fourth-order valence-electron chi connectivity index (χ4n) is 1.43. The van der Waals surface area contributed by atoms with E-state index in [1.54, 1.807) is 7.11 Å². The van der Waals surface area contributed by atoms with E-state index < -0.39 is 0 Å². The average molecular weight is 245 g/mol. The molecule has 0 bridgehead atoms. The van der Waals surface area contributed by atoms with Gasteiger partial charge < -0.3 is 9.84 Å². The molecule has 0 atom stereocenters. The second kappa shape index (κ2) is 4.11. The number of ether oxygens (including phenoxy) is 1. The summed E-state index contributed by atoms with van der Waals surface area (Å²) < 4.78 is 6.26. The molecule has 0 heterocycles. The van der Waals surface area contributed by atoms with Gasteiger partial charge in [0.15, 0.2) is 0 Å². The maximum Gasteiger partial charge on any atom is 0.128 e. The molecule has 0 spiro atoms. The highest BCUT2D eigenvalue weighted by Crippen LogP contribution is 2.32. The molecule has 13 heavy (non-hydrogen) atoms. The van der Waals surface area contributed by atoms with Crippen LogP contribution in [-0.4, -0.2) is 12.2 Å². The van der Waals surface area contributed by atoms with Gasteiger partial charge in [-0.25, -0.2) is 0 Å². The van der Waals surface area contributed by atoms with Crippen molar-refractivity contribution in [1.29, 1.82) is 0 Å². The van der Waals surface area contributed by atoms with Crippen molar-refractivity contribution in [2.24, 2.45) is 0 Å². The van der Waals surface area contributed by atoms with Gasteiger partial charge in [-0.2, -0.15) is 0 Å². The smallest absolute Gasteiger partial charge is 0.128 e. The summed E-state index contributed by atoms with van der Waals surface area (Å²) in [6, 6.07) is 1.93. The third-order valence-corrected chi connectivity index (χ3v) is 3.29. The van der Waals surface area contributed by atoms with Crippen molar-refractivity contribution >= 4 is 15.9 Å². The monoisotopic (exact) mass is 244 g/mol. The highest BCUT2D eigenvalue weighted by molar-refractivity contribution is 9.10. The van der Waals surface area contributed by atoms with E-state index >= 15 is 0 Å². The highest BCUT2D eigenvalue weighted by atomic mass is 79.9. The van der Waals surface area contributed by atoms with Gasteiger partial charge in [-0.05, 0) is 25.5 Å². The second-order valence-electron chi connectivity index (χ2n) is 2.98. The number of benzene rings is 1. The Hall–Kier alpha value is -0.540. The summed E-state index contributed by atoms with van der Waals surface area (Å²) in [6.07, 6.45) is 0. The first kappa shape index (κ1) is 10.5. The molecule has 0 fully saturated rings. The van der Waals surface area contributed by atoms with Gasteiger partial charge in [0, 0.05) is 15.6 Å². The molecule has 0 aromatic heterocycles. The van der Waals surface area contributed by atoms with E-state index in [4.69, 9.17) is 9.84 Å². The first-order valence-electron chi connectivity index (χ1n) is 4.05. The average Bonchev–Trinajstić information content (AvgIpc) is 2.13. The molecule has 72 valence electrons. The summed E-state index contributed by atoms with van der Waals surface area (Å²) >= 11 is 3.47. The standard InChI is InChI=1S/C10H13BrO2/c1-6-4-8(5-12)10(13-3)7(2)9(6)11/h4,12H,5H2,1-3H3. The molecular formula is C10H13BrO2. The minimum absolute atomic E-state index is 0.0120. The van der Waals surface area contributed by atoms with Crippen LogP contribution >= 0.6 is 15.9 Å². The first-order valence-corrected chi connectivity index (χ1v) is 4.84. The molecule has 0 amide bonds. The van der Waals surface area contributed by atoms with Gasteiger partial charge in [-0.15, -0.1) is 0 Å². The van der Waals surface area contributed by atoms with E-state index in [9.17, 15) is 0 Å². The summed E-state index contributed by atoms with van der Waals surface area (Å²) in [5.74, 6) is 0.764. The first-order chi connectivity index (χ1) is 6.11. The zero-order valence-electron chi connectivity index (χ0n) is 8.02. The van der Waals surface area contributed by atoms with Crippen molar-refractivity contribution in [3.8, 4) is 5.75 Å². The maximum atomic E-state index is 9.09. The largest absolute Gasteiger partial charge is 0.496 e. The van der Waals surface area contributed by atoms with Gasteiger partial charge >= 0.3 is 0 Å². The number of hydrogen-bond acceptors (Lipinski definition) is 2. The van der Waals surface area contributed by atoms with E-state index in [-0.39, 0.29) is 6.61 Å². The number of hydrogen-bond donors (Lipinski definition) is 1. The molecule has 0 aliphatic rings.